The summed E-state index contributed by atoms with van der Waals surface area (Å²) in [5.74, 6) is 1.81. The highest BCUT2D eigenvalue weighted by Crippen LogP contribution is 2.38. The zero-order chi connectivity index (χ0) is 24.8. The van der Waals surface area contributed by atoms with E-state index in [1.54, 1.807) is 6.20 Å². The number of nitriles is 1. The fourth-order valence-electron chi connectivity index (χ4n) is 5.66. The molecule has 4 aromatic heterocycles. The first kappa shape index (κ1) is 22.7. The molecule has 1 unspecified atom stereocenters. The van der Waals surface area contributed by atoms with Gasteiger partial charge < -0.3 is 9.47 Å². The average molecular weight is 483 g/mol. The Balaban J connectivity index is 1.45. The van der Waals surface area contributed by atoms with Crippen molar-refractivity contribution in [2.24, 2.45) is 5.92 Å². The predicted molar refractivity (Wildman–Crippen MR) is 133 cm³/mol. The Morgan fingerprint density at radius 3 is 2.64 bits per heavy atom. The van der Waals surface area contributed by atoms with Crippen LogP contribution in [0.2, 0.25) is 0 Å². The zero-order valence-corrected chi connectivity index (χ0v) is 20.4. The number of halogens is 1. The predicted octanol–water partition coefficient (Wildman–Crippen LogP) is 4.02. The van der Waals surface area contributed by atoms with E-state index in [9.17, 15) is 9.65 Å². The first-order valence-electron chi connectivity index (χ1n) is 12.5. The highest BCUT2D eigenvalue weighted by atomic mass is 19.1. The molecule has 0 spiro atoms. The number of piperidine rings is 3. The summed E-state index contributed by atoms with van der Waals surface area (Å²) in [5.41, 5.74) is 4.81. The maximum atomic E-state index is 14.1. The first-order valence-corrected chi connectivity index (χ1v) is 12.5. The molecule has 0 radical (unpaired) electrons. The topological polar surface area (TPSA) is 96.4 Å². The lowest BCUT2D eigenvalue weighted by Crippen LogP contribution is -2.46. The van der Waals surface area contributed by atoms with E-state index in [-0.39, 0.29) is 0 Å². The summed E-state index contributed by atoms with van der Waals surface area (Å²) in [6, 6.07) is 7.81. The minimum Gasteiger partial charge on any atom is -0.304 e. The molecule has 4 aromatic rings. The second-order valence-corrected chi connectivity index (χ2v) is 9.76. The second-order valence-electron chi connectivity index (χ2n) is 9.76. The lowest BCUT2D eigenvalue weighted by atomic mass is 9.77. The molecule has 3 aliphatic rings. The van der Waals surface area contributed by atoms with Gasteiger partial charge in [0.2, 0.25) is 0 Å². The normalized spacial score (nSPS) is 21.1. The summed E-state index contributed by atoms with van der Waals surface area (Å²) in [6.07, 6.45) is 5.83. The Hall–Kier alpha value is -3.77. The van der Waals surface area contributed by atoms with Gasteiger partial charge in [-0.15, -0.1) is 0 Å². The molecular formula is C27H27FN8. The Bertz CT molecular complexity index is 1500. The van der Waals surface area contributed by atoms with E-state index in [2.05, 4.69) is 27.0 Å². The third-order valence-corrected chi connectivity index (χ3v) is 7.57. The number of aromatic nitrogens is 6. The summed E-state index contributed by atoms with van der Waals surface area (Å²) in [5, 5.41) is 10.0. The van der Waals surface area contributed by atoms with Gasteiger partial charge >= 0.3 is 0 Å². The molecular weight excluding hydrogens is 455 g/mol. The second kappa shape index (κ2) is 9.03. The van der Waals surface area contributed by atoms with Crippen molar-refractivity contribution >= 4 is 11.2 Å². The van der Waals surface area contributed by atoms with Crippen LogP contribution in [-0.2, 0) is 13.0 Å². The fourth-order valence-corrected chi connectivity index (χ4v) is 5.66. The summed E-state index contributed by atoms with van der Waals surface area (Å²) in [4.78, 5) is 25.5. The van der Waals surface area contributed by atoms with Gasteiger partial charge in [0.25, 0.3) is 0 Å². The molecule has 9 heteroatoms. The maximum Gasteiger partial charge on any atom is 0.164 e. The van der Waals surface area contributed by atoms with Crippen molar-refractivity contribution in [1.29, 1.82) is 5.26 Å². The lowest BCUT2D eigenvalue weighted by Gasteiger charge is -2.44. The molecule has 0 N–H and O–H groups in total. The van der Waals surface area contributed by atoms with Gasteiger partial charge in [0.15, 0.2) is 5.65 Å². The van der Waals surface area contributed by atoms with Crippen LogP contribution in [0.1, 0.15) is 54.2 Å². The van der Waals surface area contributed by atoms with Gasteiger partial charge in [0.05, 0.1) is 18.4 Å². The molecule has 3 saturated heterocycles. The number of nitrogens with zero attached hydrogens (tertiary/aromatic N) is 8. The standard InChI is InChI=1S/C27H27FN8/c1-3-24-31-16(2)25-27(33-24)36(26(34-25)19-10-20(28)13-30-12-19)14-18-4-5-22(32-23(18)11-29)21-15-35-8-6-17(21)7-9-35/h4-5,10,12-13,17,21H,3,6-9,14-15H2,1-2H3. The molecule has 0 amide bonds. The van der Waals surface area contributed by atoms with Crippen molar-refractivity contribution in [2.45, 2.75) is 45.6 Å². The van der Waals surface area contributed by atoms with Crippen LogP contribution in [0.25, 0.3) is 22.6 Å². The van der Waals surface area contributed by atoms with E-state index in [4.69, 9.17) is 15.0 Å². The van der Waals surface area contributed by atoms with Gasteiger partial charge in [-0.1, -0.05) is 13.0 Å². The Morgan fingerprint density at radius 1 is 1.11 bits per heavy atom. The van der Waals surface area contributed by atoms with Crippen LogP contribution in [-0.4, -0.2) is 54.0 Å². The van der Waals surface area contributed by atoms with Crippen LogP contribution in [0.15, 0.2) is 30.6 Å². The molecule has 7 rings (SSSR count). The molecule has 182 valence electrons. The van der Waals surface area contributed by atoms with Gasteiger partial charge in [-0.25, -0.2) is 24.3 Å². The number of aryl methyl sites for hydroxylation is 2. The third-order valence-electron chi connectivity index (χ3n) is 7.57. The molecule has 3 aliphatic heterocycles. The fraction of sp³-hybridized carbons (Fsp3) is 0.407. The van der Waals surface area contributed by atoms with Gasteiger partial charge in [0, 0.05) is 41.9 Å². The minimum absolute atomic E-state index is 0.332. The molecule has 1 atom stereocenters. The SMILES string of the molecule is CCc1nc(C)c2nc(-c3cncc(F)c3)n(Cc3ccc(C4CN5CCC4CC5)nc3C#N)c2n1. The molecule has 0 aliphatic carbocycles. The molecule has 8 nitrogen and oxygen atoms in total. The number of rotatable bonds is 5. The highest BCUT2D eigenvalue weighted by Gasteiger charge is 2.36. The molecule has 0 aromatic carbocycles. The molecule has 36 heavy (non-hydrogen) atoms. The van der Waals surface area contributed by atoms with Crippen molar-refractivity contribution in [1.82, 2.24) is 34.4 Å². The van der Waals surface area contributed by atoms with Gasteiger partial charge in [-0.2, -0.15) is 5.26 Å². The summed E-state index contributed by atoms with van der Waals surface area (Å²) in [6.45, 7) is 7.58. The van der Waals surface area contributed by atoms with Gasteiger partial charge in [0.1, 0.15) is 34.7 Å². The number of hydrogen-bond donors (Lipinski definition) is 0. The minimum atomic E-state index is -0.440. The molecule has 3 fully saturated rings. The molecule has 7 heterocycles. The summed E-state index contributed by atoms with van der Waals surface area (Å²) >= 11 is 0. The third kappa shape index (κ3) is 3.91. The zero-order valence-electron chi connectivity index (χ0n) is 20.4. The Morgan fingerprint density at radius 2 is 1.94 bits per heavy atom. The first-order chi connectivity index (χ1) is 17.5. The lowest BCUT2D eigenvalue weighted by molar-refractivity contribution is 0.0854. The van der Waals surface area contributed by atoms with E-state index >= 15 is 0 Å². The molecule has 0 saturated carbocycles. The largest absolute Gasteiger partial charge is 0.304 e. The average Bonchev–Trinajstić information content (AvgIpc) is 3.28. The van der Waals surface area contributed by atoms with Crippen molar-refractivity contribution in [3.63, 3.8) is 0 Å². The van der Waals surface area contributed by atoms with Crippen LogP contribution in [0.5, 0.6) is 0 Å². The van der Waals surface area contributed by atoms with Crippen molar-refractivity contribution in [3.05, 3.63) is 64.9 Å². The van der Waals surface area contributed by atoms with Crippen LogP contribution >= 0.6 is 0 Å². The van der Waals surface area contributed by atoms with E-state index in [1.165, 1.54) is 25.1 Å². The number of imidazole rings is 1. The van der Waals surface area contributed by atoms with E-state index in [0.717, 1.165) is 36.6 Å². The van der Waals surface area contributed by atoms with Crippen molar-refractivity contribution in [3.8, 4) is 17.5 Å². The number of hydrogen-bond acceptors (Lipinski definition) is 7. The van der Waals surface area contributed by atoms with Crippen LogP contribution in [0, 0.1) is 30.0 Å². The summed E-state index contributed by atoms with van der Waals surface area (Å²) < 4.78 is 16.0. The van der Waals surface area contributed by atoms with Gasteiger partial charge in [-0.05, 0) is 50.9 Å². The van der Waals surface area contributed by atoms with E-state index in [1.807, 2.05) is 24.5 Å². The van der Waals surface area contributed by atoms with Gasteiger partial charge in [-0.3, -0.25) is 4.98 Å². The van der Waals surface area contributed by atoms with E-state index in [0.29, 0.717) is 58.9 Å². The van der Waals surface area contributed by atoms with Crippen LogP contribution in [0.4, 0.5) is 4.39 Å². The monoisotopic (exact) mass is 482 g/mol. The van der Waals surface area contributed by atoms with Crippen molar-refractivity contribution < 1.29 is 4.39 Å². The molecule has 2 bridgehead atoms. The Kier molecular flexibility index (Phi) is 5.69. The van der Waals surface area contributed by atoms with Crippen molar-refractivity contribution in [2.75, 3.05) is 19.6 Å². The quantitative estimate of drug-likeness (QED) is 0.424. The highest BCUT2D eigenvalue weighted by molar-refractivity contribution is 5.79. The van der Waals surface area contributed by atoms with Crippen LogP contribution in [0.3, 0.4) is 0 Å². The smallest absolute Gasteiger partial charge is 0.164 e. The number of pyridine rings is 2. The maximum absolute atomic E-state index is 14.1. The van der Waals surface area contributed by atoms with Crippen LogP contribution < -0.4 is 0 Å². The summed E-state index contributed by atoms with van der Waals surface area (Å²) in [7, 11) is 0. The number of fused-ring (bicyclic) bond motifs is 4. The van der Waals surface area contributed by atoms with E-state index < -0.39 is 5.82 Å². The Labute approximate surface area is 208 Å².